The molecule has 0 bridgehead atoms. The third-order valence-electron chi connectivity index (χ3n) is 5.47. The molecule has 1 aliphatic heterocycles. The van der Waals surface area contributed by atoms with E-state index in [0.29, 0.717) is 37.4 Å². The molecule has 0 saturated carbocycles. The largest absolute Gasteiger partial charge is 0.416 e. The first kappa shape index (κ1) is 21.0. The molecule has 0 radical (unpaired) electrons. The van der Waals surface area contributed by atoms with Gasteiger partial charge in [0.1, 0.15) is 0 Å². The van der Waals surface area contributed by atoms with Crippen LogP contribution in [0.1, 0.15) is 27.3 Å². The third kappa shape index (κ3) is 4.42. The van der Waals surface area contributed by atoms with Crippen molar-refractivity contribution in [2.24, 2.45) is 0 Å². The fourth-order valence-corrected chi connectivity index (χ4v) is 3.86. The zero-order chi connectivity index (χ0) is 22.2. The minimum atomic E-state index is -4.37. The summed E-state index contributed by atoms with van der Waals surface area (Å²) in [6.07, 6.45) is -4.37. The Morgan fingerprint density at radius 3 is 2.16 bits per heavy atom. The molecule has 4 rings (SSSR count). The second-order valence-corrected chi connectivity index (χ2v) is 7.71. The van der Waals surface area contributed by atoms with Crippen LogP contribution in [0.4, 0.5) is 18.9 Å². The molecule has 0 N–H and O–H groups in total. The molecule has 0 aliphatic carbocycles. The maximum Gasteiger partial charge on any atom is 0.416 e. The minimum Gasteiger partial charge on any atom is -0.368 e. The molecule has 0 spiro atoms. The van der Waals surface area contributed by atoms with Crippen LogP contribution >= 0.6 is 0 Å². The van der Waals surface area contributed by atoms with Crippen LogP contribution in [0, 0.1) is 13.8 Å². The van der Waals surface area contributed by atoms with E-state index >= 15 is 0 Å². The Balaban J connectivity index is 1.41. The van der Waals surface area contributed by atoms with Gasteiger partial charge < -0.3 is 9.80 Å². The van der Waals surface area contributed by atoms with Gasteiger partial charge in [-0.25, -0.2) is 4.68 Å². The number of nitrogens with zero attached hydrogens (tertiary/aromatic N) is 4. The van der Waals surface area contributed by atoms with Gasteiger partial charge in [0.15, 0.2) is 0 Å². The number of hydrogen-bond donors (Lipinski definition) is 0. The summed E-state index contributed by atoms with van der Waals surface area (Å²) in [4.78, 5) is 16.5. The molecule has 1 amide bonds. The minimum absolute atomic E-state index is 0.0800. The Kier molecular flexibility index (Phi) is 5.47. The number of halogens is 3. The fraction of sp³-hybridized carbons (Fsp3) is 0.304. The molecule has 8 heteroatoms. The highest BCUT2D eigenvalue weighted by atomic mass is 19.4. The molecule has 0 atom stereocenters. The number of aryl methyl sites for hydroxylation is 2. The lowest BCUT2D eigenvalue weighted by atomic mass is 10.1. The van der Waals surface area contributed by atoms with E-state index in [4.69, 9.17) is 0 Å². The Morgan fingerprint density at radius 2 is 1.58 bits per heavy atom. The highest BCUT2D eigenvalue weighted by Crippen LogP contribution is 2.32. The van der Waals surface area contributed by atoms with Gasteiger partial charge in [-0.1, -0.05) is 6.07 Å². The standard InChI is InChI=1S/C23H23F3N4O/c1-16-14-17(2)30(27-16)20-8-6-18(7-9-20)22(31)29-12-10-28(11-13-29)21-5-3-4-19(15-21)23(24,25)26/h3-9,14-15H,10-13H2,1-2H3. The van der Waals surface area contributed by atoms with Crippen molar-refractivity contribution >= 4 is 11.6 Å². The molecule has 1 fully saturated rings. The lowest BCUT2D eigenvalue weighted by molar-refractivity contribution is -0.137. The molecule has 31 heavy (non-hydrogen) atoms. The quantitative estimate of drug-likeness (QED) is 0.618. The molecule has 1 aliphatic rings. The highest BCUT2D eigenvalue weighted by molar-refractivity contribution is 5.94. The Bertz CT molecular complexity index is 1080. The van der Waals surface area contributed by atoms with Gasteiger partial charge in [0, 0.05) is 43.1 Å². The van der Waals surface area contributed by atoms with E-state index in [-0.39, 0.29) is 5.91 Å². The predicted molar refractivity (Wildman–Crippen MR) is 113 cm³/mol. The molecule has 2 heterocycles. The maximum absolute atomic E-state index is 13.0. The molecular formula is C23H23F3N4O. The van der Waals surface area contributed by atoms with Gasteiger partial charge in [-0.3, -0.25) is 4.79 Å². The topological polar surface area (TPSA) is 41.4 Å². The van der Waals surface area contributed by atoms with Gasteiger partial charge in [0.2, 0.25) is 0 Å². The monoisotopic (exact) mass is 428 g/mol. The van der Waals surface area contributed by atoms with E-state index in [1.807, 2.05) is 41.6 Å². The smallest absolute Gasteiger partial charge is 0.368 e. The Labute approximate surface area is 178 Å². The van der Waals surface area contributed by atoms with Crippen LogP contribution in [0.15, 0.2) is 54.6 Å². The van der Waals surface area contributed by atoms with Crippen molar-refractivity contribution in [1.29, 1.82) is 0 Å². The van der Waals surface area contributed by atoms with E-state index in [2.05, 4.69) is 5.10 Å². The van der Waals surface area contributed by atoms with Gasteiger partial charge >= 0.3 is 6.18 Å². The average molecular weight is 428 g/mol. The maximum atomic E-state index is 13.0. The summed E-state index contributed by atoms with van der Waals surface area (Å²) in [5.41, 5.74) is 3.27. The van der Waals surface area contributed by atoms with Crippen LogP contribution in [0.3, 0.4) is 0 Å². The number of hydrogen-bond acceptors (Lipinski definition) is 3. The summed E-state index contributed by atoms with van der Waals surface area (Å²) in [7, 11) is 0. The number of amides is 1. The summed E-state index contributed by atoms with van der Waals surface area (Å²) >= 11 is 0. The molecule has 3 aromatic rings. The average Bonchev–Trinajstić information content (AvgIpc) is 3.11. The van der Waals surface area contributed by atoms with Crippen molar-refractivity contribution in [3.63, 3.8) is 0 Å². The summed E-state index contributed by atoms with van der Waals surface area (Å²) in [5, 5.41) is 4.45. The van der Waals surface area contributed by atoms with E-state index in [1.165, 1.54) is 6.07 Å². The Morgan fingerprint density at radius 1 is 0.903 bits per heavy atom. The molecule has 1 aromatic heterocycles. The third-order valence-corrected chi connectivity index (χ3v) is 5.47. The van der Waals surface area contributed by atoms with Crippen LogP contribution in [0.5, 0.6) is 0 Å². The zero-order valence-corrected chi connectivity index (χ0v) is 17.4. The first-order valence-electron chi connectivity index (χ1n) is 10.1. The predicted octanol–water partition coefficient (Wildman–Crippen LogP) is 4.47. The number of aromatic nitrogens is 2. The fourth-order valence-electron chi connectivity index (χ4n) is 3.86. The first-order valence-corrected chi connectivity index (χ1v) is 10.1. The van der Waals surface area contributed by atoms with Crippen LogP contribution < -0.4 is 4.90 Å². The van der Waals surface area contributed by atoms with E-state index < -0.39 is 11.7 Å². The molecule has 0 unspecified atom stereocenters. The summed E-state index contributed by atoms with van der Waals surface area (Å²) < 4.78 is 40.8. The number of carbonyl (C=O) groups excluding carboxylic acids is 1. The van der Waals surface area contributed by atoms with Crippen LogP contribution in [0.25, 0.3) is 5.69 Å². The summed E-state index contributed by atoms with van der Waals surface area (Å²) in [6.45, 7) is 5.78. The van der Waals surface area contributed by atoms with Crippen molar-refractivity contribution < 1.29 is 18.0 Å². The molecule has 1 saturated heterocycles. The number of benzene rings is 2. The van der Waals surface area contributed by atoms with Crippen molar-refractivity contribution in [2.45, 2.75) is 20.0 Å². The van der Waals surface area contributed by atoms with E-state index in [9.17, 15) is 18.0 Å². The molecule has 2 aromatic carbocycles. The second kappa shape index (κ2) is 8.09. The lowest BCUT2D eigenvalue weighted by Gasteiger charge is -2.36. The van der Waals surface area contributed by atoms with Crippen LogP contribution in [0.2, 0.25) is 0 Å². The summed E-state index contributed by atoms with van der Waals surface area (Å²) in [5.74, 6) is -0.0800. The van der Waals surface area contributed by atoms with Crippen molar-refractivity contribution in [3.8, 4) is 5.69 Å². The molecule has 5 nitrogen and oxygen atoms in total. The van der Waals surface area contributed by atoms with E-state index in [1.54, 1.807) is 23.1 Å². The van der Waals surface area contributed by atoms with Gasteiger partial charge in [0.25, 0.3) is 5.91 Å². The van der Waals surface area contributed by atoms with Gasteiger partial charge in [-0.2, -0.15) is 18.3 Å². The van der Waals surface area contributed by atoms with Crippen molar-refractivity contribution in [2.75, 3.05) is 31.1 Å². The zero-order valence-electron chi connectivity index (χ0n) is 17.4. The number of alkyl halides is 3. The SMILES string of the molecule is Cc1cc(C)n(-c2ccc(C(=O)N3CCN(c4cccc(C(F)(F)F)c4)CC3)cc2)n1. The molecule has 162 valence electrons. The molecular weight excluding hydrogens is 405 g/mol. The number of anilines is 1. The highest BCUT2D eigenvalue weighted by Gasteiger charge is 2.31. The lowest BCUT2D eigenvalue weighted by Crippen LogP contribution is -2.48. The first-order chi connectivity index (χ1) is 14.7. The second-order valence-electron chi connectivity index (χ2n) is 7.71. The van der Waals surface area contributed by atoms with Crippen LogP contribution in [-0.4, -0.2) is 46.8 Å². The van der Waals surface area contributed by atoms with E-state index in [0.717, 1.165) is 29.2 Å². The normalized spacial score (nSPS) is 14.7. The van der Waals surface area contributed by atoms with Gasteiger partial charge in [-0.15, -0.1) is 0 Å². The van der Waals surface area contributed by atoms with Gasteiger partial charge in [-0.05, 0) is 62.4 Å². The number of rotatable bonds is 3. The van der Waals surface area contributed by atoms with Crippen LogP contribution in [-0.2, 0) is 6.18 Å². The number of carbonyl (C=O) groups is 1. The Hall–Kier alpha value is -3.29. The van der Waals surface area contributed by atoms with Gasteiger partial charge in [0.05, 0.1) is 16.9 Å². The number of piperazine rings is 1. The van der Waals surface area contributed by atoms with Crippen molar-refractivity contribution in [1.82, 2.24) is 14.7 Å². The van der Waals surface area contributed by atoms with Crippen molar-refractivity contribution in [3.05, 3.63) is 77.1 Å². The summed E-state index contributed by atoms with van der Waals surface area (Å²) in [6, 6.07) is 14.6.